The van der Waals surface area contributed by atoms with Crippen LogP contribution < -0.4 is 10.2 Å². The van der Waals surface area contributed by atoms with E-state index < -0.39 is 12.0 Å². The van der Waals surface area contributed by atoms with Crippen LogP contribution in [-0.4, -0.2) is 29.7 Å². The standard InChI is InChI=1S/C14H16N2O3/c1-2-3-8-15-14(19)16-11-7-5-4-6-10(11)9-12(16)13(17)18/h2,4-7,12H,1,3,8-9H2,(H,15,19)(H,17,18). The molecule has 1 aliphatic rings. The van der Waals surface area contributed by atoms with Gasteiger partial charge < -0.3 is 10.4 Å². The Morgan fingerprint density at radius 1 is 1.47 bits per heavy atom. The second-order valence-corrected chi connectivity index (χ2v) is 4.37. The predicted molar refractivity (Wildman–Crippen MR) is 72.3 cm³/mol. The molecule has 1 unspecified atom stereocenters. The van der Waals surface area contributed by atoms with Crippen LogP contribution in [-0.2, 0) is 11.2 Å². The molecule has 1 aromatic rings. The Hall–Kier alpha value is -2.30. The molecule has 0 saturated heterocycles. The van der Waals surface area contributed by atoms with Crippen molar-refractivity contribution in [2.75, 3.05) is 11.4 Å². The molecule has 19 heavy (non-hydrogen) atoms. The van der Waals surface area contributed by atoms with Crippen molar-refractivity contribution in [1.82, 2.24) is 5.32 Å². The van der Waals surface area contributed by atoms with Gasteiger partial charge in [-0.1, -0.05) is 24.3 Å². The molecule has 1 aromatic carbocycles. The first-order valence-corrected chi connectivity index (χ1v) is 6.14. The Kier molecular flexibility index (Phi) is 3.85. The van der Waals surface area contributed by atoms with Crippen molar-refractivity contribution in [2.24, 2.45) is 0 Å². The number of rotatable bonds is 4. The Morgan fingerprint density at radius 3 is 2.89 bits per heavy atom. The van der Waals surface area contributed by atoms with Gasteiger partial charge in [0.15, 0.2) is 0 Å². The van der Waals surface area contributed by atoms with Crippen LogP contribution in [0.2, 0.25) is 0 Å². The number of aliphatic carboxylic acids is 1. The fraction of sp³-hybridized carbons (Fsp3) is 0.286. The minimum absolute atomic E-state index is 0.348. The van der Waals surface area contributed by atoms with Gasteiger partial charge in [0.05, 0.1) is 0 Å². The third-order valence-corrected chi connectivity index (χ3v) is 3.10. The number of nitrogens with zero attached hydrogens (tertiary/aromatic N) is 1. The van der Waals surface area contributed by atoms with Gasteiger partial charge in [0.2, 0.25) is 0 Å². The number of anilines is 1. The van der Waals surface area contributed by atoms with E-state index in [1.165, 1.54) is 4.90 Å². The number of fused-ring (bicyclic) bond motifs is 1. The number of para-hydroxylation sites is 1. The van der Waals surface area contributed by atoms with E-state index in [2.05, 4.69) is 11.9 Å². The first kappa shape index (κ1) is 13.1. The Labute approximate surface area is 111 Å². The van der Waals surface area contributed by atoms with E-state index in [0.29, 0.717) is 25.1 Å². The van der Waals surface area contributed by atoms with Gasteiger partial charge in [-0.3, -0.25) is 4.90 Å². The number of hydrogen-bond donors (Lipinski definition) is 2. The van der Waals surface area contributed by atoms with Gasteiger partial charge in [-0.15, -0.1) is 6.58 Å². The van der Waals surface area contributed by atoms with Crippen molar-refractivity contribution in [1.29, 1.82) is 0 Å². The Balaban J connectivity index is 2.21. The maximum absolute atomic E-state index is 12.1. The zero-order chi connectivity index (χ0) is 13.8. The summed E-state index contributed by atoms with van der Waals surface area (Å²) in [6.45, 7) is 4.03. The Bertz CT molecular complexity index is 513. The molecule has 0 fully saturated rings. The number of urea groups is 1. The molecular weight excluding hydrogens is 244 g/mol. The lowest BCUT2D eigenvalue weighted by Gasteiger charge is -2.22. The van der Waals surface area contributed by atoms with Crippen LogP contribution in [0.25, 0.3) is 0 Å². The summed E-state index contributed by atoms with van der Waals surface area (Å²) in [5.74, 6) is -0.991. The predicted octanol–water partition coefficient (Wildman–Crippen LogP) is 1.79. The average Bonchev–Trinajstić information content (AvgIpc) is 2.78. The number of hydrogen-bond acceptors (Lipinski definition) is 2. The summed E-state index contributed by atoms with van der Waals surface area (Å²) >= 11 is 0. The van der Waals surface area contributed by atoms with E-state index in [-0.39, 0.29) is 6.03 Å². The molecule has 0 bridgehead atoms. The third-order valence-electron chi connectivity index (χ3n) is 3.10. The van der Waals surface area contributed by atoms with Crippen LogP contribution >= 0.6 is 0 Å². The molecule has 0 saturated carbocycles. The molecule has 5 heteroatoms. The molecule has 2 rings (SSSR count). The molecule has 0 spiro atoms. The van der Waals surface area contributed by atoms with E-state index in [9.17, 15) is 14.7 Å². The molecule has 0 aliphatic carbocycles. The lowest BCUT2D eigenvalue weighted by atomic mass is 10.1. The molecule has 1 aliphatic heterocycles. The van der Waals surface area contributed by atoms with Crippen LogP contribution in [0.3, 0.4) is 0 Å². The molecule has 2 N–H and O–H groups in total. The fourth-order valence-electron chi connectivity index (χ4n) is 2.20. The summed E-state index contributed by atoms with van der Waals surface area (Å²) < 4.78 is 0. The SMILES string of the molecule is C=CCCNC(=O)N1c2ccccc2CC1C(=O)O. The van der Waals surface area contributed by atoms with E-state index in [1.54, 1.807) is 18.2 Å². The van der Waals surface area contributed by atoms with E-state index in [0.717, 1.165) is 5.56 Å². The number of carboxylic acids is 1. The summed E-state index contributed by atoms with van der Waals surface area (Å²) in [5, 5.41) is 11.9. The molecule has 1 atom stereocenters. The largest absolute Gasteiger partial charge is 0.480 e. The van der Waals surface area contributed by atoms with Crippen molar-refractivity contribution in [3.63, 3.8) is 0 Å². The minimum Gasteiger partial charge on any atom is -0.480 e. The molecule has 2 amide bonds. The highest BCUT2D eigenvalue weighted by atomic mass is 16.4. The minimum atomic E-state index is -0.991. The summed E-state index contributed by atoms with van der Waals surface area (Å²) in [5.41, 5.74) is 1.56. The van der Waals surface area contributed by atoms with Gasteiger partial charge >= 0.3 is 12.0 Å². The molecule has 0 aromatic heterocycles. The van der Waals surface area contributed by atoms with Gasteiger partial charge in [-0.2, -0.15) is 0 Å². The van der Waals surface area contributed by atoms with Crippen molar-refractivity contribution in [2.45, 2.75) is 18.9 Å². The molecule has 1 heterocycles. The normalized spacial score (nSPS) is 16.8. The zero-order valence-corrected chi connectivity index (χ0v) is 10.5. The number of carbonyl (C=O) groups excluding carboxylic acids is 1. The van der Waals surface area contributed by atoms with Crippen molar-refractivity contribution < 1.29 is 14.7 Å². The van der Waals surface area contributed by atoms with Gasteiger partial charge in [0.25, 0.3) is 0 Å². The number of benzene rings is 1. The first-order valence-electron chi connectivity index (χ1n) is 6.14. The van der Waals surface area contributed by atoms with Crippen LogP contribution in [0.1, 0.15) is 12.0 Å². The Morgan fingerprint density at radius 2 is 2.21 bits per heavy atom. The summed E-state index contributed by atoms with van der Waals surface area (Å²) in [4.78, 5) is 24.7. The second kappa shape index (κ2) is 5.56. The van der Waals surface area contributed by atoms with Crippen molar-refractivity contribution >= 4 is 17.7 Å². The highest BCUT2D eigenvalue weighted by molar-refractivity contribution is 6.01. The highest BCUT2D eigenvalue weighted by Crippen LogP contribution is 2.32. The first-order chi connectivity index (χ1) is 9.15. The number of carbonyl (C=O) groups is 2. The smallest absolute Gasteiger partial charge is 0.327 e. The van der Waals surface area contributed by atoms with Crippen LogP contribution in [0, 0.1) is 0 Å². The van der Waals surface area contributed by atoms with Crippen LogP contribution in [0.15, 0.2) is 36.9 Å². The number of carboxylic acid groups (broad SMARTS) is 1. The van der Waals surface area contributed by atoms with E-state index in [1.807, 2.05) is 12.1 Å². The third kappa shape index (κ3) is 2.59. The zero-order valence-electron chi connectivity index (χ0n) is 10.5. The number of amides is 2. The van der Waals surface area contributed by atoms with Gasteiger partial charge in [0.1, 0.15) is 6.04 Å². The van der Waals surface area contributed by atoms with Gasteiger partial charge in [0, 0.05) is 18.7 Å². The molecule has 100 valence electrons. The maximum Gasteiger partial charge on any atom is 0.327 e. The summed E-state index contributed by atoms with van der Waals surface area (Å²) in [6.07, 6.45) is 2.70. The summed E-state index contributed by atoms with van der Waals surface area (Å²) in [6, 6.07) is 6.05. The topological polar surface area (TPSA) is 69.6 Å². The van der Waals surface area contributed by atoms with Crippen molar-refractivity contribution in [3.8, 4) is 0 Å². The maximum atomic E-state index is 12.1. The molecular formula is C14H16N2O3. The monoisotopic (exact) mass is 260 g/mol. The summed E-state index contributed by atoms with van der Waals surface area (Å²) in [7, 11) is 0. The van der Waals surface area contributed by atoms with Gasteiger partial charge in [-0.05, 0) is 18.1 Å². The van der Waals surface area contributed by atoms with Crippen LogP contribution in [0.5, 0.6) is 0 Å². The second-order valence-electron chi connectivity index (χ2n) is 4.37. The highest BCUT2D eigenvalue weighted by Gasteiger charge is 2.37. The lowest BCUT2D eigenvalue weighted by molar-refractivity contribution is -0.138. The average molecular weight is 260 g/mol. The van der Waals surface area contributed by atoms with Crippen LogP contribution in [0.4, 0.5) is 10.5 Å². The van der Waals surface area contributed by atoms with Gasteiger partial charge in [-0.25, -0.2) is 9.59 Å². The van der Waals surface area contributed by atoms with Crippen molar-refractivity contribution in [3.05, 3.63) is 42.5 Å². The fourth-order valence-corrected chi connectivity index (χ4v) is 2.20. The molecule has 5 nitrogen and oxygen atoms in total. The molecule has 0 radical (unpaired) electrons. The van der Waals surface area contributed by atoms with E-state index >= 15 is 0 Å². The lowest BCUT2D eigenvalue weighted by Crippen LogP contribution is -2.48. The number of nitrogens with one attached hydrogen (secondary N) is 1. The quantitative estimate of drug-likeness (QED) is 0.640. The van der Waals surface area contributed by atoms with E-state index in [4.69, 9.17) is 0 Å².